The molecule has 0 aliphatic heterocycles. The lowest BCUT2D eigenvalue weighted by Crippen LogP contribution is -2.45. The third-order valence-electron chi connectivity index (χ3n) is 5.63. The lowest BCUT2D eigenvalue weighted by Gasteiger charge is -2.30. The number of rotatable bonds is 6. The molecule has 0 radical (unpaired) electrons. The van der Waals surface area contributed by atoms with Crippen LogP contribution in [0.4, 0.5) is 0 Å². The molecule has 3 rings (SSSR count). The van der Waals surface area contributed by atoms with Crippen LogP contribution in [-0.2, 0) is 21.5 Å². The van der Waals surface area contributed by atoms with Crippen molar-refractivity contribution >= 4 is 11.8 Å². The van der Waals surface area contributed by atoms with Gasteiger partial charge in [-0.05, 0) is 43.0 Å². The van der Waals surface area contributed by atoms with Crippen molar-refractivity contribution in [3.8, 4) is 5.75 Å². The first-order valence-electron chi connectivity index (χ1n) is 9.78. The van der Waals surface area contributed by atoms with E-state index in [1.165, 1.54) is 5.56 Å². The number of carbonyl (C=O) groups excluding carboxylic acids is 2. The highest BCUT2D eigenvalue weighted by Gasteiger charge is 2.36. The van der Waals surface area contributed by atoms with E-state index in [2.05, 4.69) is 22.8 Å². The van der Waals surface area contributed by atoms with Gasteiger partial charge in [0.15, 0.2) is 0 Å². The number of aryl methyl sites for hydroxylation is 1. The van der Waals surface area contributed by atoms with Gasteiger partial charge in [-0.1, -0.05) is 54.8 Å². The third kappa shape index (κ3) is 4.71. The number of hydrogen-bond acceptors (Lipinski definition) is 3. The van der Waals surface area contributed by atoms with Gasteiger partial charge < -0.3 is 15.4 Å². The Bertz CT molecular complexity index is 807. The second kappa shape index (κ2) is 8.91. The van der Waals surface area contributed by atoms with Gasteiger partial charge in [0.05, 0.1) is 7.11 Å². The molecule has 0 bridgehead atoms. The van der Waals surface area contributed by atoms with Gasteiger partial charge in [0.1, 0.15) is 5.75 Å². The molecule has 2 aromatic rings. The highest BCUT2D eigenvalue weighted by molar-refractivity contribution is 6.35. The van der Waals surface area contributed by atoms with Gasteiger partial charge in [-0.3, -0.25) is 9.59 Å². The molecule has 0 atom stereocenters. The normalized spacial score (nSPS) is 15.1. The zero-order valence-electron chi connectivity index (χ0n) is 16.6. The summed E-state index contributed by atoms with van der Waals surface area (Å²) in [5, 5.41) is 5.55. The summed E-state index contributed by atoms with van der Waals surface area (Å²) in [5.74, 6) is -0.355. The van der Waals surface area contributed by atoms with E-state index in [1.807, 2.05) is 43.3 Å². The number of carbonyl (C=O) groups is 2. The van der Waals surface area contributed by atoms with Crippen molar-refractivity contribution < 1.29 is 14.3 Å². The average molecular weight is 380 g/mol. The molecule has 0 heterocycles. The molecule has 1 aliphatic carbocycles. The van der Waals surface area contributed by atoms with Crippen LogP contribution in [0.1, 0.15) is 42.4 Å². The molecule has 0 unspecified atom stereocenters. The predicted molar refractivity (Wildman–Crippen MR) is 109 cm³/mol. The van der Waals surface area contributed by atoms with Gasteiger partial charge in [0, 0.05) is 18.5 Å². The van der Waals surface area contributed by atoms with Gasteiger partial charge in [-0.25, -0.2) is 0 Å². The Morgan fingerprint density at radius 1 is 0.929 bits per heavy atom. The third-order valence-corrected chi connectivity index (χ3v) is 5.63. The molecule has 2 amide bonds. The summed E-state index contributed by atoms with van der Waals surface area (Å²) in [6, 6.07) is 15.9. The summed E-state index contributed by atoms with van der Waals surface area (Å²) in [7, 11) is 1.65. The van der Waals surface area contributed by atoms with Crippen molar-refractivity contribution in [1.29, 1.82) is 0 Å². The Morgan fingerprint density at radius 2 is 1.54 bits per heavy atom. The van der Waals surface area contributed by atoms with E-state index in [-0.39, 0.29) is 5.41 Å². The van der Waals surface area contributed by atoms with E-state index in [0.717, 1.165) is 42.6 Å². The monoisotopic (exact) mass is 380 g/mol. The lowest BCUT2D eigenvalue weighted by molar-refractivity contribution is -0.139. The summed E-state index contributed by atoms with van der Waals surface area (Å²) in [6.45, 7) is 2.82. The van der Waals surface area contributed by atoms with Crippen LogP contribution in [0, 0.1) is 6.92 Å². The molecule has 0 saturated heterocycles. The van der Waals surface area contributed by atoms with E-state index in [1.54, 1.807) is 7.11 Å². The molecule has 5 nitrogen and oxygen atoms in total. The van der Waals surface area contributed by atoms with Crippen molar-refractivity contribution in [2.75, 3.05) is 13.7 Å². The van der Waals surface area contributed by atoms with Gasteiger partial charge in [0.2, 0.25) is 0 Å². The highest BCUT2D eigenvalue weighted by Crippen LogP contribution is 2.41. The summed E-state index contributed by atoms with van der Waals surface area (Å²) in [6.07, 6.45) is 4.26. The van der Waals surface area contributed by atoms with Crippen LogP contribution in [0.25, 0.3) is 0 Å². The average Bonchev–Trinajstić information content (AvgIpc) is 3.21. The number of benzene rings is 2. The molecular weight excluding hydrogens is 352 g/mol. The maximum absolute atomic E-state index is 12.3. The molecule has 0 aromatic heterocycles. The van der Waals surface area contributed by atoms with Gasteiger partial charge >= 0.3 is 11.8 Å². The molecule has 5 heteroatoms. The predicted octanol–water partition coefficient (Wildman–Crippen LogP) is 3.25. The topological polar surface area (TPSA) is 67.4 Å². The van der Waals surface area contributed by atoms with Crippen LogP contribution >= 0.6 is 0 Å². The first kappa shape index (κ1) is 19.9. The number of amides is 2. The minimum absolute atomic E-state index is 0.112. The quantitative estimate of drug-likeness (QED) is 0.756. The largest absolute Gasteiger partial charge is 0.497 e. The first-order chi connectivity index (χ1) is 13.5. The van der Waals surface area contributed by atoms with E-state index in [4.69, 9.17) is 4.74 Å². The van der Waals surface area contributed by atoms with Crippen molar-refractivity contribution in [3.05, 3.63) is 65.2 Å². The fourth-order valence-electron chi connectivity index (χ4n) is 3.86. The van der Waals surface area contributed by atoms with Crippen molar-refractivity contribution in [1.82, 2.24) is 10.6 Å². The number of hydrogen-bond donors (Lipinski definition) is 2. The molecule has 28 heavy (non-hydrogen) atoms. The minimum atomic E-state index is -0.594. The van der Waals surface area contributed by atoms with Gasteiger partial charge in [0.25, 0.3) is 0 Å². The SMILES string of the molecule is COc1ccc(C2(CNC(=O)C(=O)NCc3ccc(C)cc3)CCCC2)cc1. The van der Waals surface area contributed by atoms with Crippen molar-refractivity contribution in [2.24, 2.45) is 0 Å². The van der Waals surface area contributed by atoms with Crippen LogP contribution in [0.3, 0.4) is 0 Å². The zero-order chi connectivity index (χ0) is 20.0. The first-order valence-corrected chi connectivity index (χ1v) is 9.78. The summed E-state index contributed by atoms with van der Waals surface area (Å²) < 4.78 is 5.24. The van der Waals surface area contributed by atoms with E-state index < -0.39 is 11.8 Å². The number of methoxy groups -OCH3 is 1. The van der Waals surface area contributed by atoms with Crippen LogP contribution < -0.4 is 15.4 Å². The summed E-state index contributed by atoms with van der Waals surface area (Å²) in [5.41, 5.74) is 3.20. The lowest BCUT2D eigenvalue weighted by atomic mass is 9.78. The summed E-state index contributed by atoms with van der Waals surface area (Å²) >= 11 is 0. The van der Waals surface area contributed by atoms with Crippen molar-refractivity contribution in [2.45, 2.75) is 44.6 Å². The molecule has 2 aromatic carbocycles. The Labute approximate surface area is 166 Å². The maximum atomic E-state index is 12.3. The van der Waals surface area contributed by atoms with E-state index in [9.17, 15) is 9.59 Å². The Kier molecular flexibility index (Phi) is 6.34. The van der Waals surface area contributed by atoms with Crippen LogP contribution in [0.15, 0.2) is 48.5 Å². The van der Waals surface area contributed by atoms with Gasteiger partial charge in [-0.2, -0.15) is 0 Å². The number of nitrogens with one attached hydrogen (secondary N) is 2. The Hall–Kier alpha value is -2.82. The fraction of sp³-hybridized carbons (Fsp3) is 0.391. The minimum Gasteiger partial charge on any atom is -0.497 e. The molecule has 1 saturated carbocycles. The second-order valence-electron chi connectivity index (χ2n) is 7.57. The summed E-state index contributed by atoms with van der Waals surface area (Å²) in [4.78, 5) is 24.5. The van der Waals surface area contributed by atoms with Crippen LogP contribution in [0.5, 0.6) is 5.75 Å². The van der Waals surface area contributed by atoms with E-state index >= 15 is 0 Å². The molecule has 0 spiro atoms. The zero-order valence-corrected chi connectivity index (χ0v) is 16.6. The molecular formula is C23H28N2O3. The Morgan fingerprint density at radius 3 is 2.14 bits per heavy atom. The van der Waals surface area contributed by atoms with Crippen LogP contribution in [0.2, 0.25) is 0 Å². The highest BCUT2D eigenvalue weighted by atomic mass is 16.5. The molecule has 1 fully saturated rings. The maximum Gasteiger partial charge on any atom is 0.309 e. The van der Waals surface area contributed by atoms with Crippen molar-refractivity contribution in [3.63, 3.8) is 0 Å². The fourth-order valence-corrected chi connectivity index (χ4v) is 3.86. The smallest absolute Gasteiger partial charge is 0.309 e. The second-order valence-corrected chi connectivity index (χ2v) is 7.57. The molecule has 148 valence electrons. The molecule has 2 N–H and O–H groups in total. The number of ether oxygens (including phenoxy) is 1. The van der Waals surface area contributed by atoms with E-state index in [0.29, 0.717) is 13.1 Å². The van der Waals surface area contributed by atoms with Crippen LogP contribution in [-0.4, -0.2) is 25.5 Å². The molecule has 1 aliphatic rings. The Balaban J connectivity index is 1.57. The standard InChI is InChI=1S/C23H28N2O3/c1-17-5-7-18(8-6-17)15-24-21(26)22(27)25-16-23(13-3-4-14-23)19-9-11-20(28-2)12-10-19/h5-12H,3-4,13-16H2,1-2H3,(H,24,26)(H,25,27). The van der Waals surface area contributed by atoms with Gasteiger partial charge in [-0.15, -0.1) is 0 Å².